The van der Waals surface area contributed by atoms with Crippen LogP contribution >= 0.6 is 24.0 Å². The van der Waals surface area contributed by atoms with Gasteiger partial charge in [0.15, 0.2) is 11.8 Å². The summed E-state index contributed by atoms with van der Waals surface area (Å²) in [4.78, 5) is 17.2. The molecule has 2 saturated carbocycles. The van der Waals surface area contributed by atoms with Gasteiger partial charge in [0.2, 0.25) is 5.91 Å². The Morgan fingerprint density at radius 2 is 2.00 bits per heavy atom. The van der Waals surface area contributed by atoms with Crippen LogP contribution in [0.15, 0.2) is 4.99 Å². The topological polar surface area (TPSA) is 105 Å². The van der Waals surface area contributed by atoms with E-state index < -0.39 is 0 Å². The fourth-order valence-corrected chi connectivity index (χ4v) is 3.72. The lowest BCUT2D eigenvalue weighted by Crippen LogP contribution is -2.47. The molecule has 2 aliphatic rings. The van der Waals surface area contributed by atoms with E-state index in [-0.39, 0.29) is 41.8 Å². The first-order valence-electron chi connectivity index (χ1n) is 11.3. The molecule has 0 radical (unpaired) electrons. The largest absolute Gasteiger partial charge is 0.382 e. The zero-order valence-electron chi connectivity index (χ0n) is 19.0. The van der Waals surface area contributed by atoms with Crippen LogP contribution in [0.5, 0.6) is 0 Å². The number of ether oxygens (including phenoxy) is 1. The number of carbonyl (C=O) groups is 1. The first-order chi connectivity index (χ1) is 14.6. The molecule has 0 aromatic carbocycles. The van der Waals surface area contributed by atoms with E-state index in [0.717, 1.165) is 82.3 Å². The summed E-state index contributed by atoms with van der Waals surface area (Å²) in [5, 5.41) is 18.4. The molecule has 2 atom stereocenters. The van der Waals surface area contributed by atoms with Crippen LogP contribution in [-0.4, -0.2) is 58.5 Å². The minimum absolute atomic E-state index is 0. The predicted octanol–water partition coefficient (Wildman–Crippen LogP) is 2.04. The van der Waals surface area contributed by atoms with Gasteiger partial charge >= 0.3 is 0 Å². The van der Waals surface area contributed by atoms with Gasteiger partial charge in [-0.25, -0.2) is 4.99 Å². The summed E-state index contributed by atoms with van der Waals surface area (Å²) in [6, 6.07) is 0.665. The molecule has 2 aliphatic carbocycles. The summed E-state index contributed by atoms with van der Waals surface area (Å²) >= 11 is 0. The SMILES string of the molecule is CCOCCCNC(=NCc1nnc(C)n1C)NC1CCCC(C(=O)NC2CC2)C1.I. The lowest BCUT2D eigenvalue weighted by Gasteiger charge is -2.30. The Kier molecular flexibility index (Phi) is 11.0. The number of guanidine groups is 1. The van der Waals surface area contributed by atoms with Crippen LogP contribution in [-0.2, 0) is 23.1 Å². The Balaban J connectivity index is 0.00000341. The molecule has 1 aromatic heterocycles. The number of amides is 1. The Bertz CT molecular complexity index is 721. The van der Waals surface area contributed by atoms with Gasteiger partial charge in [0.1, 0.15) is 12.4 Å². The van der Waals surface area contributed by atoms with Crippen molar-refractivity contribution in [1.29, 1.82) is 0 Å². The average Bonchev–Trinajstić information content (AvgIpc) is 3.50. The lowest BCUT2D eigenvalue weighted by molar-refractivity contribution is -0.126. The van der Waals surface area contributed by atoms with Crippen LogP contribution in [0, 0.1) is 12.8 Å². The first-order valence-corrected chi connectivity index (χ1v) is 11.3. The van der Waals surface area contributed by atoms with Crippen molar-refractivity contribution in [3.8, 4) is 0 Å². The van der Waals surface area contributed by atoms with Crippen molar-refractivity contribution in [3.05, 3.63) is 11.6 Å². The van der Waals surface area contributed by atoms with Crippen LogP contribution in [0.2, 0.25) is 0 Å². The molecule has 0 aliphatic heterocycles. The molecular weight excluding hydrogens is 509 g/mol. The number of nitrogens with one attached hydrogen (secondary N) is 3. The van der Waals surface area contributed by atoms with Gasteiger partial charge in [-0.05, 0) is 52.4 Å². The van der Waals surface area contributed by atoms with Crippen LogP contribution in [0.4, 0.5) is 0 Å². The summed E-state index contributed by atoms with van der Waals surface area (Å²) in [7, 11) is 1.95. The van der Waals surface area contributed by atoms with Gasteiger partial charge in [-0.2, -0.15) is 0 Å². The molecule has 3 N–H and O–H groups in total. The van der Waals surface area contributed by atoms with E-state index in [9.17, 15) is 4.79 Å². The van der Waals surface area contributed by atoms with Crippen LogP contribution in [0.1, 0.15) is 63.5 Å². The number of nitrogens with zero attached hydrogens (tertiary/aromatic N) is 4. The summed E-state index contributed by atoms with van der Waals surface area (Å²) in [6.45, 7) is 6.63. The van der Waals surface area contributed by atoms with Crippen molar-refractivity contribution in [3.63, 3.8) is 0 Å². The second-order valence-electron chi connectivity index (χ2n) is 8.35. The summed E-state index contributed by atoms with van der Waals surface area (Å²) in [5.41, 5.74) is 0. The van der Waals surface area contributed by atoms with Crippen molar-refractivity contribution in [1.82, 2.24) is 30.7 Å². The third kappa shape index (κ3) is 8.55. The van der Waals surface area contributed by atoms with Gasteiger partial charge in [-0.1, -0.05) is 6.42 Å². The Hall–Kier alpha value is -1.43. The zero-order valence-corrected chi connectivity index (χ0v) is 21.4. The van der Waals surface area contributed by atoms with E-state index in [0.29, 0.717) is 12.6 Å². The lowest BCUT2D eigenvalue weighted by atomic mass is 9.85. The smallest absolute Gasteiger partial charge is 0.223 e. The Morgan fingerprint density at radius 3 is 2.68 bits per heavy atom. The number of hydrogen-bond acceptors (Lipinski definition) is 5. The summed E-state index contributed by atoms with van der Waals surface area (Å²) in [5.74, 6) is 2.78. The minimum Gasteiger partial charge on any atom is -0.382 e. The molecule has 1 heterocycles. The van der Waals surface area contributed by atoms with Crippen LogP contribution in [0.3, 0.4) is 0 Å². The monoisotopic (exact) mass is 547 g/mol. The number of aryl methyl sites for hydroxylation is 1. The zero-order chi connectivity index (χ0) is 21.3. The van der Waals surface area contributed by atoms with Crippen molar-refractivity contribution in [2.75, 3.05) is 19.8 Å². The molecule has 2 unspecified atom stereocenters. The molecule has 2 fully saturated rings. The van der Waals surface area contributed by atoms with E-state index in [4.69, 9.17) is 9.73 Å². The van der Waals surface area contributed by atoms with Gasteiger partial charge in [-0.3, -0.25) is 4.79 Å². The van der Waals surface area contributed by atoms with E-state index in [1.54, 1.807) is 0 Å². The highest BCUT2D eigenvalue weighted by Gasteiger charge is 2.31. The van der Waals surface area contributed by atoms with Crippen molar-refractivity contribution in [2.45, 2.75) is 77.4 Å². The normalized spacial score (nSPS) is 21.3. The van der Waals surface area contributed by atoms with E-state index in [1.807, 2.05) is 25.5 Å². The highest BCUT2D eigenvalue weighted by Crippen LogP contribution is 2.26. The standard InChI is InChI=1S/C21H37N7O2.HI/c1-4-30-12-6-11-22-21(23-14-19-27-26-15(2)28(19)3)25-18-8-5-7-16(13-18)20(29)24-17-9-10-17;/h16-18H,4-14H2,1-3H3,(H,24,29)(H2,22,23,25);1H. The summed E-state index contributed by atoms with van der Waals surface area (Å²) in [6.07, 6.45) is 7.10. The Morgan fingerprint density at radius 1 is 1.19 bits per heavy atom. The minimum atomic E-state index is 0. The van der Waals surface area contributed by atoms with Crippen molar-refractivity contribution < 1.29 is 9.53 Å². The number of carbonyl (C=O) groups excluding carboxylic acids is 1. The third-order valence-electron chi connectivity index (χ3n) is 5.83. The van der Waals surface area contributed by atoms with Gasteiger partial charge in [0.25, 0.3) is 0 Å². The molecule has 3 rings (SSSR count). The van der Waals surface area contributed by atoms with Crippen molar-refractivity contribution in [2.24, 2.45) is 18.0 Å². The predicted molar refractivity (Wildman–Crippen MR) is 131 cm³/mol. The molecular formula is C21H38IN7O2. The molecule has 176 valence electrons. The maximum Gasteiger partial charge on any atom is 0.223 e. The van der Waals surface area contributed by atoms with Gasteiger partial charge in [0.05, 0.1) is 0 Å². The maximum atomic E-state index is 12.5. The molecule has 0 spiro atoms. The number of halogens is 1. The molecule has 10 heteroatoms. The fraction of sp³-hybridized carbons (Fsp3) is 0.810. The quantitative estimate of drug-likeness (QED) is 0.179. The number of hydrogen-bond donors (Lipinski definition) is 3. The molecule has 0 saturated heterocycles. The molecule has 1 aromatic rings. The Labute approximate surface area is 202 Å². The molecule has 9 nitrogen and oxygen atoms in total. The third-order valence-corrected chi connectivity index (χ3v) is 5.83. The molecule has 1 amide bonds. The van der Waals surface area contributed by atoms with E-state index in [1.165, 1.54) is 0 Å². The number of rotatable bonds is 10. The highest BCUT2D eigenvalue weighted by atomic mass is 127. The van der Waals surface area contributed by atoms with Crippen molar-refractivity contribution >= 4 is 35.8 Å². The fourth-order valence-electron chi connectivity index (χ4n) is 3.72. The van der Waals surface area contributed by atoms with Gasteiger partial charge in [-0.15, -0.1) is 34.2 Å². The second kappa shape index (κ2) is 13.2. The van der Waals surface area contributed by atoms with Crippen LogP contribution in [0.25, 0.3) is 0 Å². The molecule has 0 bridgehead atoms. The van der Waals surface area contributed by atoms with Gasteiger partial charge in [0, 0.05) is 44.8 Å². The van der Waals surface area contributed by atoms with Crippen LogP contribution < -0.4 is 16.0 Å². The highest BCUT2D eigenvalue weighted by molar-refractivity contribution is 14.0. The maximum absolute atomic E-state index is 12.5. The average molecular weight is 547 g/mol. The number of aliphatic imine (C=N–C) groups is 1. The van der Waals surface area contributed by atoms with E-state index in [2.05, 4.69) is 26.1 Å². The first kappa shape index (κ1) is 25.8. The molecule has 31 heavy (non-hydrogen) atoms. The van der Waals surface area contributed by atoms with E-state index >= 15 is 0 Å². The second-order valence-corrected chi connectivity index (χ2v) is 8.35. The summed E-state index contributed by atoms with van der Waals surface area (Å²) < 4.78 is 7.38. The number of aromatic nitrogens is 3. The van der Waals surface area contributed by atoms with Gasteiger partial charge < -0.3 is 25.3 Å².